The van der Waals surface area contributed by atoms with Crippen molar-refractivity contribution in [1.82, 2.24) is 0 Å². The summed E-state index contributed by atoms with van der Waals surface area (Å²) in [6, 6.07) is 3.45. The molecule has 0 spiro atoms. The molecule has 4 unspecified atom stereocenters. The zero-order chi connectivity index (χ0) is 17.3. The second-order valence-electron chi connectivity index (χ2n) is 7.16. The zero-order valence-electron chi connectivity index (χ0n) is 13.9. The minimum absolute atomic E-state index is 0.173. The molecular weight excluding hydrogens is 320 g/mol. The first kappa shape index (κ1) is 17.7. The van der Waals surface area contributed by atoms with E-state index in [1.54, 1.807) is 0 Å². The third-order valence-corrected chi connectivity index (χ3v) is 5.74. The standard InChI is InChI=1S/C19H24F4O/c1-2-24-16-7-5-13-9-12(3-4-14(13)10-16)15-6-8-17(18(20)11-15)19(21,22)23/h6,8,11-14,16H,2-5,7,9-10H2,1H3. The van der Waals surface area contributed by atoms with Crippen LogP contribution in [0.1, 0.15) is 62.5 Å². The van der Waals surface area contributed by atoms with Crippen LogP contribution in [0.4, 0.5) is 17.6 Å². The fourth-order valence-corrected chi connectivity index (χ4v) is 4.55. The first-order valence-corrected chi connectivity index (χ1v) is 8.86. The largest absolute Gasteiger partial charge is 0.419 e. The van der Waals surface area contributed by atoms with E-state index >= 15 is 0 Å². The first-order chi connectivity index (χ1) is 11.4. The molecule has 0 N–H and O–H groups in total. The highest BCUT2D eigenvalue weighted by Crippen LogP contribution is 2.47. The van der Waals surface area contributed by atoms with Crippen LogP contribution < -0.4 is 0 Å². The van der Waals surface area contributed by atoms with Gasteiger partial charge in [0.1, 0.15) is 5.82 Å². The Bertz CT molecular complexity index is 569. The quantitative estimate of drug-likeness (QED) is 0.617. The minimum Gasteiger partial charge on any atom is -0.378 e. The molecular formula is C19H24F4O. The molecule has 3 rings (SSSR count). The van der Waals surface area contributed by atoms with Crippen molar-refractivity contribution in [1.29, 1.82) is 0 Å². The van der Waals surface area contributed by atoms with E-state index in [-0.39, 0.29) is 5.92 Å². The second kappa shape index (κ2) is 7.03. The normalized spacial score (nSPS) is 30.9. The first-order valence-electron chi connectivity index (χ1n) is 8.86. The average Bonchev–Trinajstić information content (AvgIpc) is 2.53. The maximum atomic E-state index is 13.8. The molecule has 2 aliphatic carbocycles. The number of hydrogen-bond donors (Lipinski definition) is 0. The minimum atomic E-state index is -4.63. The van der Waals surface area contributed by atoms with Crippen LogP contribution in [0, 0.1) is 17.7 Å². The van der Waals surface area contributed by atoms with Crippen molar-refractivity contribution >= 4 is 0 Å². The molecule has 0 aliphatic heterocycles. The number of rotatable bonds is 3. The third kappa shape index (κ3) is 3.76. The Balaban J connectivity index is 1.67. The number of ether oxygens (including phenoxy) is 1. The van der Waals surface area contributed by atoms with Crippen LogP contribution >= 0.6 is 0 Å². The molecule has 5 heteroatoms. The van der Waals surface area contributed by atoms with E-state index in [0.717, 1.165) is 57.3 Å². The van der Waals surface area contributed by atoms with Crippen molar-refractivity contribution in [2.45, 2.75) is 63.6 Å². The molecule has 0 radical (unpaired) electrons. The number of fused-ring (bicyclic) bond motifs is 1. The molecule has 2 fully saturated rings. The molecule has 1 aromatic carbocycles. The Labute approximate surface area is 140 Å². The monoisotopic (exact) mass is 344 g/mol. The van der Waals surface area contributed by atoms with Crippen LogP contribution in [0.15, 0.2) is 18.2 Å². The molecule has 2 aliphatic rings. The smallest absolute Gasteiger partial charge is 0.378 e. The second-order valence-corrected chi connectivity index (χ2v) is 7.16. The van der Waals surface area contributed by atoms with Crippen LogP contribution in [0.5, 0.6) is 0 Å². The van der Waals surface area contributed by atoms with Crippen molar-refractivity contribution in [2.24, 2.45) is 11.8 Å². The van der Waals surface area contributed by atoms with Crippen molar-refractivity contribution in [3.8, 4) is 0 Å². The maximum Gasteiger partial charge on any atom is 0.419 e. The van der Waals surface area contributed by atoms with E-state index in [1.165, 1.54) is 6.07 Å². The van der Waals surface area contributed by atoms with Gasteiger partial charge in [-0.05, 0) is 80.9 Å². The number of halogens is 4. The zero-order valence-corrected chi connectivity index (χ0v) is 13.9. The topological polar surface area (TPSA) is 9.23 Å². The van der Waals surface area contributed by atoms with Gasteiger partial charge in [-0.25, -0.2) is 4.39 Å². The van der Waals surface area contributed by atoms with Gasteiger partial charge in [0.05, 0.1) is 11.7 Å². The summed E-state index contributed by atoms with van der Waals surface area (Å²) in [4.78, 5) is 0. The van der Waals surface area contributed by atoms with Gasteiger partial charge in [0, 0.05) is 6.61 Å². The van der Waals surface area contributed by atoms with Crippen LogP contribution in [0.25, 0.3) is 0 Å². The molecule has 0 aromatic heterocycles. The molecule has 2 saturated carbocycles. The summed E-state index contributed by atoms with van der Waals surface area (Å²) in [5, 5.41) is 0. The Morgan fingerprint density at radius 3 is 2.42 bits per heavy atom. The van der Waals surface area contributed by atoms with E-state index in [4.69, 9.17) is 4.74 Å². The molecule has 0 amide bonds. The molecule has 0 bridgehead atoms. The van der Waals surface area contributed by atoms with Crippen molar-refractivity contribution in [3.05, 3.63) is 35.1 Å². The van der Waals surface area contributed by atoms with Gasteiger partial charge < -0.3 is 4.74 Å². The van der Waals surface area contributed by atoms with E-state index < -0.39 is 17.6 Å². The summed E-state index contributed by atoms with van der Waals surface area (Å²) in [7, 11) is 0. The highest BCUT2D eigenvalue weighted by atomic mass is 19.4. The lowest BCUT2D eigenvalue weighted by Crippen LogP contribution is -2.33. The van der Waals surface area contributed by atoms with Crippen molar-refractivity contribution in [2.75, 3.05) is 6.61 Å². The highest BCUT2D eigenvalue weighted by Gasteiger charge is 2.37. The van der Waals surface area contributed by atoms with Gasteiger partial charge in [-0.1, -0.05) is 6.07 Å². The lowest BCUT2D eigenvalue weighted by atomic mass is 9.65. The fourth-order valence-electron chi connectivity index (χ4n) is 4.55. The van der Waals surface area contributed by atoms with E-state index in [0.29, 0.717) is 23.5 Å². The lowest BCUT2D eigenvalue weighted by Gasteiger charge is -2.42. The summed E-state index contributed by atoms with van der Waals surface area (Å²) in [6.07, 6.45) is 1.92. The van der Waals surface area contributed by atoms with Gasteiger partial charge in [-0.2, -0.15) is 13.2 Å². The molecule has 1 aromatic rings. The van der Waals surface area contributed by atoms with Gasteiger partial charge in [0.2, 0.25) is 0 Å². The van der Waals surface area contributed by atoms with Gasteiger partial charge in [0.25, 0.3) is 0 Å². The van der Waals surface area contributed by atoms with Gasteiger partial charge >= 0.3 is 6.18 Å². The Morgan fingerprint density at radius 2 is 1.75 bits per heavy atom. The van der Waals surface area contributed by atoms with Crippen molar-refractivity contribution < 1.29 is 22.3 Å². The predicted molar refractivity (Wildman–Crippen MR) is 84.2 cm³/mol. The fraction of sp³-hybridized carbons (Fsp3) is 0.684. The van der Waals surface area contributed by atoms with Gasteiger partial charge in [0.15, 0.2) is 0 Å². The molecule has 0 heterocycles. The van der Waals surface area contributed by atoms with Gasteiger partial charge in [-0.3, -0.25) is 0 Å². The number of hydrogen-bond acceptors (Lipinski definition) is 1. The summed E-state index contributed by atoms with van der Waals surface area (Å²) in [6.45, 7) is 2.76. The Kier molecular flexibility index (Phi) is 5.19. The molecule has 4 atom stereocenters. The molecule has 24 heavy (non-hydrogen) atoms. The van der Waals surface area contributed by atoms with Gasteiger partial charge in [-0.15, -0.1) is 0 Å². The lowest BCUT2D eigenvalue weighted by molar-refractivity contribution is -0.140. The van der Waals surface area contributed by atoms with E-state index in [9.17, 15) is 17.6 Å². The Morgan fingerprint density at radius 1 is 1.04 bits per heavy atom. The summed E-state index contributed by atoms with van der Waals surface area (Å²) >= 11 is 0. The highest BCUT2D eigenvalue weighted by molar-refractivity contribution is 5.29. The van der Waals surface area contributed by atoms with Crippen molar-refractivity contribution in [3.63, 3.8) is 0 Å². The van der Waals surface area contributed by atoms with Crippen LogP contribution in [0.2, 0.25) is 0 Å². The summed E-state index contributed by atoms with van der Waals surface area (Å²) < 4.78 is 57.7. The summed E-state index contributed by atoms with van der Waals surface area (Å²) in [5.74, 6) is 0.255. The maximum absolute atomic E-state index is 13.8. The molecule has 1 nitrogen and oxygen atoms in total. The van der Waals surface area contributed by atoms with E-state index in [1.807, 2.05) is 6.92 Å². The SMILES string of the molecule is CCOC1CCC2CC(c3ccc(C(F)(F)F)c(F)c3)CCC2C1. The Hall–Kier alpha value is -1.10. The third-order valence-electron chi connectivity index (χ3n) is 5.74. The summed E-state index contributed by atoms with van der Waals surface area (Å²) in [5.41, 5.74) is -0.456. The average molecular weight is 344 g/mol. The predicted octanol–water partition coefficient (Wildman–Crippen LogP) is 5.93. The number of alkyl halides is 3. The van der Waals surface area contributed by atoms with Crippen LogP contribution in [0.3, 0.4) is 0 Å². The van der Waals surface area contributed by atoms with E-state index in [2.05, 4.69) is 0 Å². The molecule has 0 saturated heterocycles. The van der Waals surface area contributed by atoms with Crippen LogP contribution in [-0.2, 0) is 10.9 Å². The number of benzene rings is 1. The molecule has 134 valence electrons. The van der Waals surface area contributed by atoms with Crippen LogP contribution in [-0.4, -0.2) is 12.7 Å².